The van der Waals surface area contributed by atoms with E-state index in [1.165, 1.54) is 16.9 Å². The molecule has 2 N–H and O–H groups in total. The highest BCUT2D eigenvalue weighted by Crippen LogP contribution is 2.29. The van der Waals surface area contributed by atoms with Gasteiger partial charge in [-0.1, -0.05) is 0 Å². The van der Waals surface area contributed by atoms with E-state index < -0.39 is 24.8 Å². The van der Waals surface area contributed by atoms with E-state index in [-0.39, 0.29) is 30.8 Å². The van der Waals surface area contributed by atoms with Gasteiger partial charge in [-0.25, -0.2) is 14.4 Å². The molecule has 3 aromatic rings. The Bertz CT molecular complexity index is 1520. The molecular weight excluding hydrogens is 567 g/mol. The number of hydrogen-bond acceptors (Lipinski definition) is 11. The SMILES string of the molecule is CC1CN(C2COC2)CCN1c1ccc(Nc2ncnc(-c3ccc(OC4CCN(C(=O)CO)CC4F)c(C#N)c3)n2)cc1. The number of carbonyl (C=O) groups excluding carboxylic acids is 1. The summed E-state index contributed by atoms with van der Waals surface area (Å²) in [6.45, 7) is 6.38. The fourth-order valence-corrected chi connectivity index (χ4v) is 5.86. The topological polar surface area (TPSA) is 140 Å². The quantitative estimate of drug-likeness (QED) is 0.393. The highest BCUT2D eigenvalue weighted by Gasteiger charge is 2.34. The monoisotopic (exact) mass is 602 g/mol. The van der Waals surface area contributed by atoms with Crippen LogP contribution in [0.4, 0.5) is 21.7 Å². The summed E-state index contributed by atoms with van der Waals surface area (Å²) in [5.74, 6) is 0.447. The van der Waals surface area contributed by atoms with Crippen molar-refractivity contribution in [1.82, 2.24) is 24.8 Å². The van der Waals surface area contributed by atoms with Gasteiger partial charge >= 0.3 is 0 Å². The van der Waals surface area contributed by atoms with Crippen LogP contribution >= 0.6 is 0 Å². The van der Waals surface area contributed by atoms with E-state index in [1.54, 1.807) is 18.2 Å². The van der Waals surface area contributed by atoms with E-state index in [2.05, 4.69) is 55.2 Å². The van der Waals surface area contributed by atoms with Crippen LogP contribution in [0, 0.1) is 11.3 Å². The van der Waals surface area contributed by atoms with Gasteiger partial charge in [0.15, 0.2) is 12.0 Å². The first-order chi connectivity index (χ1) is 21.4. The van der Waals surface area contributed by atoms with Crippen molar-refractivity contribution in [2.75, 3.05) is 62.8 Å². The number of rotatable bonds is 8. The average molecular weight is 603 g/mol. The largest absolute Gasteiger partial charge is 0.486 e. The van der Waals surface area contributed by atoms with Gasteiger partial charge in [0.05, 0.1) is 31.4 Å². The van der Waals surface area contributed by atoms with Crippen molar-refractivity contribution in [3.8, 4) is 23.2 Å². The van der Waals surface area contributed by atoms with Gasteiger partial charge < -0.3 is 29.7 Å². The van der Waals surface area contributed by atoms with Crippen LogP contribution in [0.5, 0.6) is 5.75 Å². The molecule has 230 valence electrons. The van der Waals surface area contributed by atoms with E-state index in [9.17, 15) is 14.4 Å². The molecule has 44 heavy (non-hydrogen) atoms. The van der Waals surface area contributed by atoms with Gasteiger partial charge in [0, 0.05) is 55.6 Å². The minimum atomic E-state index is -1.45. The summed E-state index contributed by atoms with van der Waals surface area (Å²) in [6, 6.07) is 16.2. The number of aliphatic hydroxyl groups excluding tert-OH is 1. The number of amides is 1. The van der Waals surface area contributed by atoms with Gasteiger partial charge in [-0.15, -0.1) is 0 Å². The number of likely N-dealkylation sites (tertiary alicyclic amines) is 1. The van der Waals surface area contributed by atoms with Crippen molar-refractivity contribution in [3.63, 3.8) is 0 Å². The number of piperidine rings is 1. The van der Waals surface area contributed by atoms with Gasteiger partial charge in [-0.2, -0.15) is 10.2 Å². The molecule has 1 amide bonds. The molecule has 0 aliphatic carbocycles. The Kier molecular flexibility index (Phi) is 8.83. The van der Waals surface area contributed by atoms with Crippen LogP contribution in [0.25, 0.3) is 11.4 Å². The van der Waals surface area contributed by atoms with Gasteiger partial charge in [0.2, 0.25) is 11.9 Å². The predicted octanol–water partition coefficient (Wildman–Crippen LogP) is 2.37. The summed E-state index contributed by atoms with van der Waals surface area (Å²) >= 11 is 0. The zero-order valence-electron chi connectivity index (χ0n) is 24.5. The Labute approximate surface area is 255 Å². The standard InChI is InChI=1S/C31H35FN8O4/c1-20-14-38(25-17-43-18-25)10-11-40(20)24-5-3-23(4-6-24)36-31-35-19-34-30(37-31)21-2-7-27(22(12-21)13-33)44-28-8-9-39(15-26(28)32)29(42)16-41/h2-7,12,19-20,25-26,28,41H,8-11,14-18H2,1H3,(H,34,35,36,37). The molecule has 0 radical (unpaired) electrons. The molecule has 0 bridgehead atoms. The summed E-state index contributed by atoms with van der Waals surface area (Å²) in [5, 5.41) is 22.1. The van der Waals surface area contributed by atoms with Gasteiger partial charge in [0.1, 0.15) is 30.9 Å². The molecular formula is C31H35FN8O4. The number of ether oxygens (including phenoxy) is 2. The van der Waals surface area contributed by atoms with Gasteiger partial charge in [-0.3, -0.25) is 9.69 Å². The summed E-state index contributed by atoms with van der Waals surface area (Å²) in [5.41, 5.74) is 2.79. The number of nitrogens with zero attached hydrogens (tertiary/aromatic N) is 7. The summed E-state index contributed by atoms with van der Waals surface area (Å²) in [4.78, 5) is 31.0. The maximum Gasteiger partial charge on any atom is 0.248 e. The van der Waals surface area contributed by atoms with Crippen molar-refractivity contribution in [3.05, 3.63) is 54.4 Å². The van der Waals surface area contributed by atoms with Crippen LogP contribution in [0.2, 0.25) is 0 Å². The summed E-state index contributed by atoms with van der Waals surface area (Å²) in [6.07, 6.45) is -0.614. The van der Waals surface area contributed by atoms with Crippen LogP contribution in [0.3, 0.4) is 0 Å². The lowest BCUT2D eigenvalue weighted by Crippen LogP contribution is -2.59. The molecule has 2 aromatic carbocycles. The van der Waals surface area contributed by atoms with Crippen molar-refractivity contribution < 1.29 is 23.8 Å². The zero-order chi connectivity index (χ0) is 30.6. The van der Waals surface area contributed by atoms with Gasteiger partial charge in [-0.05, 0) is 49.4 Å². The molecule has 0 saturated carbocycles. The lowest BCUT2D eigenvalue weighted by Gasteiger charge is -2.46. The first kappa shape index (κ1) is 29.7. The molecule has 1 aromatic heterocycles. The van der Waals surface area contributed by atoms with Crippen LogP contribution in [-0.4, -0.2) is 113 Å². The third-order valence-electron chi connectivity index (χ3n) is 8.43. The molecule has 13 heteroatoms. The minimum Gasteiger partial charge on any atom is -0.486 e. The smallest absolute Gasteiger partial charge is 0.248 e. The maximum absolute atomic E-state index is 14.7. The van der Waals surface area contributed by atoms with E-state index in [1.807, 2.05) is 12.1 Å². The molecule has 3 fully saturated rings. The fraction of sp³-hybridized carbons (Fsp3) is 0.452. The average Bonchev–Trinajstić information content (AvgIpc) is 3.01. The second-order valence-corrected chi connectivity index (χ2v) is 11.3. The number of benzene rings is 2. The third-order valence-corrected chi connectivity index (χ3v) is 8.43. The lowest BCUT2D eigenvalue weighted by atomic mass is 10.0. The van der Waals surface area contributed by atoms with Crippen LogP contribution in [-0.2, 0) is 9.53 Å². The molecule has 3 atom stereocenters. The summed E-state index contributed by atoms with van der Waals surface area (Å²) in [7, 11) is 0. The Hall–Kier alpha value is -4.38. The van der Waals surface area contributed by atoms with E-state index in [0.29, 0.717) is 29.4 Å². The Morgan fingerprint density at radius 3 is 2.66 bits per heavy atom. The number of halogens is 1. The number of aromatic nitrogens is 3. The van der Waals surface area contributed by atoms with E-state index in [0.717, 1.165) is 38.5 Å². The molecule has 6 rings (SSSR count). The van der Waals surface area contributed by atoms with Crippen molar-refractivity contribution in [2.24, 2.45) is 0 Å². The van der Waals surface area contributed by atoms with Gasteiger partial charge in [0.25, 0.3) is 0 Å². The predicted molar refractivity (Wildman–Crippen MR) is 160 cm³/mol. The molecule has 0 spiro atoms. The first-order valence-electron chi connectivity index (χ1n) is 14.8. The molecule has 4 heterocycles. The number of nitrogens with one attached hydrogen (secondary N) is 1. The highest BCUT2D eigenvalue weighted by atomic mass is 19.1. The number of carbonyl (C=O) groups is 1. The fourth-order valence-electron chi connectivity index (χ4n) is 5.86. The summed E-state index contributed by atoms with van der Waals surface area (Å²) < 4.78 is 26.0. The molecule has 3 saturated heterocycles. The molecule has 3 aliphatic rings. The number of hydrogen-bond donors (Lipinski definition) is 2. The van der Waals surface area contributed by atoms with Crippen molar-refractivity contribution in [1.29, 1.82) is 5.26 Å². The first-order valence-corrected chi connectivity index (χ1v) is 14.8. The van der Waals surface area contributed by atoms with Crippen LogP contribution < -0.4 is 15.0 Å². The number of alkyl halides is 1. The normalized spacial score (nSPS) is 22.6. The molecule has 12 nitrogen and oxygen atoms in total. The third kappa shape index (κ3) is 6.42. The van der Waals surface area contributed by atoms with Crippen molar-refractivity contribution >= 4 is 23.2 Å². The Balaban J connectivity index is 1.09. The Morgan fingerprint density at radius 1 is 1.16 bits per heavy atom. The number of piperazine rings is 1. The molecule has 3 unspecified atom stereocenters. The van der Waals surface area contributed by atoms with Crippen LogP contribution in [0.1, 0.15) is 18.9 Å². The highest BCUT2D eigenvalue weighted by molar-refractivity contribution is 5.77. The van der Waals surface area contributed by atoms with Crippen LogP contribution in [0.15, 0.2) is 48.8 Å². The second-order valence-electron chi connectivity index (χ2n) is 11.3. The van der Waals surface area contributed by atoms with E-state index >= 15 is 0 Å². The lowest BCUT2D eigenvalue weighted by molar-refractivity contribution is -0.138. The number of nitriles is 1. The Morgan fingerprint density at radius 2 is 1.98 bits per heavy atom. The van der Waals surface area contributed by atoms with Crippen molar-refractivity contribution in [2.45, 2.75) is 37.7 Å². The second kappa shape index (κ2) is 13.1. The number of aliphatic hydroxyl groups is 1. The van der Waals surface area contributed by atoms with E-state index in [4.69, 9.17) is 14.6 Å². The minimum absolute atomic E-state index is 0.167. The maximum atomic E-state index is 14.7. The zero-order valence-corrected chi connectivity index (χ0v) is 24.5. The number of anilines is 3. The molecule has 3 aliphatic heterocycles.